The lowest BCUT2D eigenvalue weighted by molar-refractivity contribution is -0.306. The minimum absolute atomic E-state index is 0.0666. The van der Waals surface area contributed by atoms with E-state index in [0.29, 0.717) is 38.9 Å². The van der Waals surface area contributed by atoms with E-state index in [-0.39, 0.29) is 19.1 Å². The summed E-state index contributed by atoms with van der Waals surface area (Å²) in [4.78, 5) is 12.6. The number of hydrogen-bond acceptors (Lipinski definition) is 16. The number of carbonyl (C=O) groups is 1. The molecule has 0 spiro atoms. The van der Waals surface area contributed by atoms with Crippen LogP contribution < -0.4 is 39.3 Å². The van der Waals surface area contributed by atoms with Gasteiger partial charge in [0.2, 0.25) is 5.91 Å². The highest BCUT2D eigenvalue weighted by Crippen LogP contribution is 2.36. The number of aliphatic hydroxyl groups excluding tert-OH is 6. The fraction of sp³-hybridized carbons (Fsp3) is 0.960. The maximum Gasteiger partial charge on any atom is 0.250 e. The molecule has 0 aromatic carbocycles. The van der Waals surface area contributed by atoms with Crippen LogP contribution in [0.2, 0.25) is 0 Å². The van der Waals surface area contributed by atoms with Gasteiger partial charge in [-0.2, -0.15) is 0 Å². The van der Waals surface area contributed by atoms with E-state index in [1.54, 1.807) is 0 Å². The number of carbonyl (C=O) groups excluding carboxylic acids is 1. The highest BCUT2D eigenvalue weighted by molar-refractivity contribution is 5.81. The highest BCUT2D eigenvalue weighted by atomic mass is 16.7. The third-order valence-electron chi connectivity index (χ3n) is 8.45. The minimum atomic E-state index is -1.55. The summed E-state index contributed by atoms with van der Waals surface area (Å²) in [6.45, 7) is 0.155. The van der Waals surface area contributed by atoms with Gasteiger partial charge >= 0.3 is 0 Å². The summed E-state index contributed by atoms with van der Waals surface area (Å²) >= 11 is 0. The maximum atomic E-state index is 12.6. The first-order valence-electron chi connectivity index (χ1n) is 14.6. The Balaban J connectivity index is 1.80. The van der Waals surface area contributed by atoms with Gasteiger partial charge in [-0.3, -0.25) is 4.79 Å². The Morgan fingerprint density at radius 1 is 1.00 bits per heavy atom. The Hall–Kier alpha value is -1.13. The first kappa shape index (κ1) is 35.4. The Labute approximate surface area is 245 Å². The van der Waals surface area contributed by atoms with Crippen LogP contribution in [-0.4, -0.2) is 155 Å². The van der Waals surface area contributed by atoms with E-state index in [1.807, 2.05) is 0 Å². The number of aliphatic hydroxyl groups is 6. The molecule has 3 fully saturated rings. The summed E-state index contributed by atoms with van der Waals surface area (Å²) in [7, 11) is 0. The molecule has 1 amide bonds. The Bertz CT molecular complexity index is 834. The fourth-order valence-corrected chi connectivity index (χ4v) is 5.98. The minimum Gasteiger partial charge on any atom is -0.394 e. The summed E-state index contributed by atoms with van der Waals surface area (Å²) in [6, 6.07) is -3.42. The topological polar surface area (TPSA) is 320 Å². The predicted molar refractivity (Wildman–Crippen MR) is 148 cm³/mol. The molecule has 0 radical (unpaired) electrons. The third-order valence-corrected chi connectivity index (χ3v) is 8.45. The van der Waals surface area contributed by atoms with Crippen LogP contribution in [0.1, 0.15) is 25.7 Å². The molecule has 2 aliphatic heterocycles. The molecule has 42 heavy (non-hydrogen) atoms. The second kappa shape index (κ2) is 16.3. The van der Waals surface area contributed by atoms with E-state index in [1.165, 1.54) is 0 Å². The predicted octanol–water partition coefficient (Wildman–Crippen LogP) is -7.18. The average molecular weight is 610 g/mol. The second-order valence-electron chi connectivity index (χ2n) is 11.6. The average Bonchev–Trinajstić information content (AvgIpc) is 2.96. The molecular weight excluding hydrogens is 558 g/mol. The SMILES string of the molecule is NCCC(O)CNCC1CCC(N)C(C2C(N)CC(NC(=O)C(O)CN)C(OC3OC(CO)C(O)C(N)C3O)C2O)O1. The van der Waals surface area contributed by atoms with Crippen molar-refractivity contribution in [1.29, 1.82) is 0 Å². The van der Waals surface area contributed by atoms with E-state index in [0.717, 1.165) is 0 Å². The van der Waals surface area contributed by atoms with Gasteiger partial charge in [0, 0.05) is 37.6 Å². The zero-order valence-electron chi connectivity index (χ0n) is 23.7. The summed E-state index contributed by atoms with van der Waals surface area (Å²) in [5.74, 6) is -1.59. The normalized spacial score (nSPS) is 42.6. The summed E-state index contributed by atoms with van der Waals surface area (Å²) < 4.78 is 17.9. The zero-order valence-corrected chi connectivity index (χ0v) is 23.7. The van der Waals surface area contributed by atoms with E-state index >= 15 is 0 Å². The Kier molecular flexibility index (Phi) is 13.7. The first-order chi connectivity index (χ1) is 19.9. The molecule has 2 heterocycles. The monoisotopic (exact) mass is 609 g/mol. The second-order valence-corrected chi connectivity index (χ2v) is 11.6. The molecule has 0 aromatic rings. The standard InChI is InChI=1S/C25H51N7O10/c26-4-3-10(34)7-31-8-11-1-2-12(28)22(40-11)17-13(29)5-14(32-24(39)15(35)6-27)23(20(17)37)42-25-21(38)18(30)19(36)16(9-33)41-25/h10-23,25,31,33-38H,1-9,26-30H2,(H,32,39). The van der Waals surface area contributed by atoms with Crippen LogP contribution in [-0.2, 0) is 19.0 Å². The van der Waals surface area contributed by atoms with Crippen LogP contribution in [0.25, 0.3) is 0 Å². The van der Waals surface area contributed by atoms with Gasteiger partial charge in [0.25, 0.3) is 0 Å². The van der Waals surface area contributed by atoms with E-state index in [9.17, 15) is 35.4 Å². The van der Waals surface area contributed by atoms with Crippen molar-refractivity contribution in [2.45, 2.75) is 111 Å². The summed E-state index contributed by atoms with van der Waals surface area (Å²) in [5.41, 5.74) is 29.8. The van der Waals surface area contributed by atoms with Gasteiger partial charge in [-0.25, -0.2) is 0 Å². The van der Waals surface area contributed by atoms with Crippen molar-refractivity contribution in [2.24, 2.45) is 34.6 Å². The van der Waals surface area contributed by atoms with Crippen LogP contribution >= 0.6 is 0 Å². The quantitative estimate of drug-likeness (QED) is 0.0922. The summed E-state index contributed by atoms with van der Waals surface area (Å²) in [5, 5.41) is 67.9. The molecule has 3 rings (SSSR count). The van der Waals surface area contributed by atoms with Crippen LogP contribution in [0.4, 0.5) is 0 Å². The molecule has 17 heteroatoms. The molecule has 0 aromatic heterocycles. The molecule has 15 unspecified atom stereocenters. The van der Waals surface area contributed by atoms with Crippen molar-refractivity contribution in [3.8, 4) is 0 Å². The smallest absolute Gasteiger partial charge is 0.250 e. The van der Waals surface area contributed by atoms with Gasteiger partial charge in [-0.1, -0.05) is 0 Å². The third kappa shape index (κ3) is 8.52. The lowest BCUT2D eigenvalue weighted by Gasteiger charge is -2.51. The lowest BCUT2D eigenvalue weighted by atomic mass is 9.72. The molecule has 0 bridgehead atoms. The number of nitrogens with two attached hydrogens (primary N) is 5. The highest BCUT2D eigenvalue weighted by Gasteiger charge is 2.53. The van der Waals surface area contributed by atoms with Gasteiger partial charge in [0.05, 0.1) is 43.1 Å². The molecule has 15 atom stereocenters. The maximum absolute atomic E-state index is 12.6. The van der Waals surface area contributed by atoms with E-state index in [4.69, 9.17) is 42.9 Å². The number of rotatable bonds is 13. The molecule has 246 valence electrons. The van der Waals surface area contributed by atoms with Gasteiger partial charge < -0.3 is 84.2 Å². The van der Waals surface area contributed by atoms with E-state index < -0.39 is 97.7 Å². The molecule has 17 nitrogen and oxygen atoms in total. The zero-order chi connectivity index (χ0) is 31.1. The summed E-state index contributed by atoms with van der Waals surface area (Å²) in [6.07, 6.45) is -9.65. The molecule has 1 saturated carbocycles. The van der Waals surface area contributed by atoms with Crippen molar-refractivity contribution in [3.05, 3.63) is 0 Å². The van der Waals surface area contributed by atoms with Gasteiger partial charge in [0.1, 0.15) is 30.5 Å². The molecule has 18 N–H and O–H groups in total. The van der Waals surface area contributed by atoms with Crippen LogP contribution in [0.15, 0.2) is 0 Å². The first-order valence-corrected chi connectivity index (χ1v) is 14.6. The van der Waals surface area contributed by atoms with Crippen LogP contribution in [0.3, 0.4) is 0 Å². The molecule has 2 saturated heterocycles. The van der Waals surface area contributed by atoms with Gasteiger partial charge in [-0.05, 0) is 32.2 Å². The molecule has 1 aliphatic carbocycles. The van der Waals surface area contributed by atoms with Gasteiger partial charge in [0.15, 0.2) is 6.29 Å². The number of nitrogens with one attached hydrogen (secondary N) is 2. The van der Waals surface area contributed by atoms with Crippen molar-refractivity contribution < 1.29 is 49.6 Å². The Morgan fingerprint density at radius 3 is 2.36 bits per heavy atom. The van der Waals surface area contributed by atoms with Crippen molar-refractivity contribution in [3.63, 3.8) is 0 Å². The number of hydrogen-bond donors (Lipinski definition) is 13. The number of ether oxygens (including phenoxy) is 3. The Morgan fingerprint density at radius 2 is 1.71 bits per heavy atom. The van der Waals surface area contributed by atoms with Crippen molar-refractivity contribution >= 4 is 5.91 Å². The fourth-order valence-electron chi connectivity index (χ4n) is 5.98. The van der Waals surface area contributed by atoms with E-state index in [2.05, 4.69) is 10.6 Å². The van der Waals surface area contributed by atoms with Crippen molar-refractivity contribution in [1.82, 2.24) is 10.6 Å². The lowest BCUT2D eigenvalue weighted by Crippen LogP contribution is -2.69. The molecular formula is C25H51N7O10. The van der Waals surface area contributed by atoms with Crippen LogP contribution in [0.5, 0.6) is 0 Å². The van der Waals surface area contributed by atoms with Gasteiger partial charge in [-0.15, -0.1) is 0 Å². The van der Waals surface area contributed by atoms with Crippen LogP contribution in [0, 0.1) is 5.92 Å². The largest absolute Gasteiger partial charge is 0.394 e. The molecule has 3 aliphatic rings. The number of amides is 1. The van der Waals surface area contributed by atoms with Crippen molar-refractivity contribution in [2.75, 3.05) is 32.8 Å².